The van der Waals surface area contributed by atoms with Crippen molar-refractivity contribution in [1.29, 1.82) is 0 Å². The lowest BCUT2D eigenvalue weighted by Crippen LogP contribution is -2.25. The van der Waals surface area contributed by atoms with E-state index in [0.717, 1.165) is 36.1 Å². The molecule has 0 bridgehead atoms. The normalized spacial score (nSPS) is 18.4. The number of fused-ring (bicyclic) bond motifs is 1. The molecule has 1 aromatic rings. The van der Waals surface area contributed by atoms with Gasteiger partial charge in [0.15, 0.2) is 0 Å². The fraction of sp³-hybridized carbons (Fsp3) is 0.429. The minimum absolute atomic E-state index is 0.134. The fourth-order valence-corrected chi connectivity index (χ4v) is 2.45. The average molecular weight is 229 g/mol. The van der Waals surface area contributed by atoms with Crippen LogP contribution in [-0.2, 0) is 17.8 Å². The molecule has 0 spiro atoms. The molecule has 1 saturated carbocycles. The maximum Gasteiger partial charge on any atom is 0.254 e. The quantitative estimate of drug-likeness (QED) is 0.794. The zero-order valence-corrected chi connectivity index (χ0v) is 9.90. The Morgan fingerprint density at radius 1 is 1.41 bits per heavy atom. The van der Waals surface area contributed by atoms with Crippen LogP contribution in [0.1, 0.15) is 41.3 Å². The van der Waals surface area contributed by atoms with E-state index in [1.807, 2.05) is 23.1 Å². The number of amides is 1. The average Bonchev–Trinajstić information content (AvgIpc) is 3.05. The number of hydrogen-bond donors (Lipinski definition) is 0. The minimum atomic E-state index is 0.134. The molecule has 1 aliphatic heterocycles. The van der Waals surface area contributed by atoms with Gasteiger partial charge >= 0.3 is 0 Å². The summed E-state index contributed by atoms with van der Waals surface area (Å²) < 4.78 is 0. The summed E-state index contributed by atoms with van der Waals surface area (Å²) in [5, 5.41) is 0. The Morgan fingerprint density at radius 3 is 2.82 bits per heavy atom. The molecule has 0 aromatic heterocycles. The van der Waals surface area contributed by atoms with E-state index < -0.39 is 0 Å². The van der Waals surface area contributed by atoms with Crippen molar-refractivity contribution in [1.82, 2.24) is 4.90 Å². The Labute approximate surface area is 100 Å². The van der Waals surface area contributed by atoms with Gasteiger partial charge < -0.3 is 4.90 Å². The van der Waals surface area contributed by atoms with Crippen LogP contribution in [0.4, 0.5) is 0 Å². The first kappa shape index (κ1) is 10.5. The molecule has 0 radical (unpaired) electrons. The molecule has 17 heavy (non-hydrogen) atoms. The zero-order chi connectivity index (χ0) is 12.0. The van der Waals surface area contributed by atoms with Crippen molar-refractivity contribution in [3.05, 3.63) is 34.9 Å². The first-order valence-corrected chi connectivity index (χ1v) is 6.07. The largest absolute Gasteiger partial charge is 0.331 e. The summed E-state index contributed by atoms with van der Waals surface area (Å²) in [7, 11) is 0. The lowest BCUT2D eigenvalue weighted by molar-refractivity contribution is -0.116. The lowest BCUT2D eigenvalue weighted by atomic mass is 10.0. The smallest absolute Gasteiger partial charge is 0.254 e. The number of ketones is 1. The van der Waals surface area contributed by atoms with Gasteiger partial charge in [-0.3, -0.25) is 9.59 Å². The Kier molecular flexibility index (Phi) is 2.28. The Balaban J connectivity index is 1.89. The van der Waals surface area contributed by atoms with E-state index >= 15 is 0 Å². The third-order valence-electron chi connectivity index (χ3n) is 3.45. The third-order valence-corrected chi connectivity index (χ3v) is 3.45. The minimum Gasteiger partial charge on any atom is -0.331 e. The van der Waals surface area contributed by atoms with Crippen LogP contribution in [0.2, 0.25) is 0 Å². The summed E-state index contributed by atoms with van der Waals surface area (Å²) in [5.74, 6) is 0.280. The van der Waals surface area contributed by atoms with Crippen LogP contribution < -0.4 is 0 Å². The van der Waals surface area contributed by atoms with Crippen LogP contribution in [0.15, 0.2) is 18.2 Å². The number of Topliss-reactive ketones (excluding diaryl/α,β-unsaturated/α-hetero) is 1. The van der Waals surface area contributed by atoms with Gasteiger partial charge in [-0.2, -0.15) is 0 Å². The SMILES string of the molecule is CC(=O)Cc1ccc2c(c1)C(=O)N(C1CC1)C2. The molecule has 1 heterocycles. The van der Waals surface area contributed by atoms with Crippen molar-refractivity contribution >= 4 is 11.7 Å². The molecule has 3 nitrogen and oxygen atoms in total. The fourth-order valence-electron chi connectivity index (χ4n) is 2.45. The zero-order valence-electron chi connectivity index (χ0n) is 9.90. The molecule has 0 N–H and O–H groups in total. The highest BCUT2D eigenvalue weighted by molar-refractivity contribution is 5.99. The van der Waals surface area contributed by atoms with Gasteiger partial charge in [-0.25, -0.2) is 0 Å². The summed E-state index contributed by atoms with van der Waals surface area (Å²) in [6.07, 6.45) is 2.70. The summed E-state index contributed by atoms with van der Waals surface area (Å²) in [6, 6.07) is 6.31. The van der Waals surface area contributed by atoms with Crippen molar-refractivity contribution in [2.45, 2.75) is 38.8 Å². The molecule has 1 aromatic carbocycles. The van der Waals surface area contributed by atoms with Crippen LogP contribution in [0.25, 0.3) is 0 Å². The van der Waals surface area contributed by atoms with Gasteiger partial charge in [-0.1, -0.05) is 12.1 Å². The molecule has 3 rings (SSSR count). The second-order valence-corrected chi connectivity index (χ2v) is 5.03. The summed E-state index contributed by atoms with van der Waals surface area (Å²) in [5.41, 5.74) is 2.85. The molecular formula is C14H15NO2. The topological polar surface area (TPSA) is 37.4 Å². The number of hydrogen-bond acceptors (Lipinski definition) is 2. The van der Waals surface area contributed by atoms with Gasteiger partial charge in [0.25, 0.3) is 5.91 Å². The summed E-state index contributed by atoms with van der Waals surface area (Å²) in [6.45, 7) is 2.32. The number of benzene rings is 1. The second kappa shape index (κ2) is 3.69. The van der Waals surface area contributed by atoms with Gasteiger partial charge in [0, 0.05) is 24.6 Å². The molecule has 88 valence electrons. The van der Waals surface area contributed by atoms with Crippen molar-refractivity contribution < 1.29 is 9.59 Å². The van der Waals surface area contributed by atoms with E-state index in [9.17, 15) is 9.59 Å². The molecule has 2 aliphatic rings. The van der Waals surface area contributed by atoms with E-state index in [1.54, 1.807) is 6.92 Å². The van der Waals surface area contributed by atoms with E-state index in [1.165, 1.54) is 0 Å². The number of rotatable bonds is 3. The highest BCUT2D eigenvalue weighted by atomic mass is 16.2. The number of carbonyl (C=O) groups is 2. The van der Waals surface area contributed by atoms with E-state index in [-0.39, 0.29) is 11.7 Å². The first-order chi connectivity index (χ1) is 8.15. The molecule has 1 aliphatic carbocycles. The molecule has 1 amide bonds. The summed E-state index contributed by atoms with van der Waals surface area (Å²) >= 11 is 0. The molecule has 0 unspecified atom stereocenters. The first-order valence-electron chi connectivity index (χ1n) is 6.07. The summed E-state index contributed by atoms with van der Waals surface area (Å²) in [4.78, 5) is 25.2. The second-order valence-electron chi connectivity index (χ2n) is 5.03. The van der Waals surface area contributed by atoms with Crippen LogP contribution in [0.5, 0.6) is 0 Å². The molecule has 0 saturated heterocycles. The number of carbonyl (C=O) groups excluding carboxylic acids is 2. The van der Waals surface area contributed by atoms with Gasteiger partial charge in [-0.05, 0) is 37.0 Å². The third kappa shape index (κ3) is 1.86. The van der Waals surface area contributed by atoms with Gasteiger partial charge in [0.2, 0.25) is 0 Å². The highest BCUT2D eigenvalue weighted by Gasteiger charge is 2.38. The lowest BCUT2D eigenvalue weighted by Gasteiger charge is -2.13. The molecule has 3 heteroatoms. The predicted molar refractivity (Wildman–Crippen MR) is 63.7 cm³/mol. The van der Waals surface area contributed by atoms with Crippen LogP contribution in [0, 0.1) is 0 Å². The molecule has 0 atom stereocenters. The number of nitrogens with zero attached hydrogens (tertiary/aromatic N) is 1. The van der Waals surface area contributed by atoms with Crippen molar-refractivity contribution in [3.63, 3.8) is 0 Å². The Morgan fingerprint density at radius 2 is 2.18 bits per heavy atom. The van der Waals surface area contributed by atoms with Gasteiger partial charge in [-0.15, -0.1) is 0 Å². The van der Waals surface area contributed by atoms with Crippen molar-refractivity contribution in [3.8, 4) is 0 Å². The molecule has 1 fully saturated rings. The monoisotopic (exact) mass is 229 g/mol. The van der Waals surface area contributed by atoms with E-state index in [4.69, 9.17) is 0 Å². The van der Waals surface area contributed by atoms with Crippen LogP contribution in [0.3, 0.4) is 0 Å². The maximum atomic E-state index is 12.2. The Hall–Kier alpha value is -1.64. The van der Waals surface area contributed by atoms with Gasteiger partial charge in [0.05, 0.1) is 0 Å². The van der Waals surface area contributed by atoms with E-state index in [0.29, 0.717) is 12.5 Å². The van der Waals surface area contributed by atoms with Crippen molar-refractivity contribution in [2.24, 2.45) is 0 Å². The van der Waals surface area contributed by atoms with Crippen molar-refractivity contribution in [2.75, 3.05) is 0 Å². The maximum absolute atomic E-state index is 12.2. The van der Waals surface area contributed by atoms with Gasteiger partial charge in [0.1, 0.15) is 5.78 Å². The predicted octanol–water partition coefficient (Wildman–Crippen LogP) is 1.94. The van der Waals surface area contributed by atoms with E-state index in [2.05, 4.69) is 0 Å². The van der Waals surface area contributed by atoms with Crippen LogP contribution >= 0.6 is 0 Å². The van der Waals surface area contributed by atoms with Crippen LogP contribution in [-0.4, -0.2) is 22.6 Å². The highest BCUT2D eigenvalue weighted by Crippen LogP contribution is 2.34. The Bertz CT molecular complexity index is 503. The standard InChI is InChI=1S/C14H15NO2/c1-9(16)6-10-2-3-11-8-15(12-4-5-12)14(17)13(11)7-10/h2-3,7,12H,4-6,8H2,1H3. The molecular weight excluding hydrogens is 214 g/mol.